The number of allylic oxidation sites excluding steroid dienone is 2. The molecule has 4 nitrogen and oxygen atoms in total. The van der Waals surface area contributed by atoms with Crippen LogP contribution in [0.15, 0.2) is 24.0 Å². The summed E-state index contributed by atoms with van der Waals surface area (Å²) in [5, 5.41) is 0. The highest BCUT2D eigenvalue weighted by Crippen LogP contribution is 2.31. The Morgan fingerprint density at radius 3 is 2.72 bits per heavy atom. The fourth-order valence-corrected chi connectivity index (χ4v) is 2.56. The molecular weight excluding hydrogens is 230 g/mol. The first kappa shape index (κ1) is 13.6. The average Bonchev–Trinajstić information content (AvgIpc) is 2.41. The maximum absolute atomic E-state index is 6.05. The smallest absolute Gasteiger partial charge is 0.148 e. The van der Waals surface area contributed by atoms with Gasteiger partial charge in [-0.05, 0) is 26.0 Å². The van der Waals surface area contributed by atoms with Gasteiger partial charge in [0, 0.05) is 19.7 Å². The molecule has 1 unspecified atom stereocenters. The summed E-state index contributed by atoms with van der Waals surface area (Å²) >= 11 is 0. The van der Waals surface area contributed by atoms with Crippen molar-refractivity contribution in [3.8, 4) is 0 Å². The number of rotatable bonds is 5. The topological polar surface area (TPSA) is 30.9 Å². The minimum Gasteiger partial charge on any atom is -0.498 e. The molecule has 0 aromatic rings. The Hall–Kier alpha value is -0.840. The minimum atomic E-state index is -0.349. The highest BCUT2D eigenvalue weighted by atomic mass is 16.5. The van der Waals surface area contributed by atoms with Crippen molar-refractivity contribution in [3.63, 3.8) is 0 Å². The molecule has 0 saturated carbocycles. The van der Waals surface area contributed by atoms with E-state index in [0.29, 0.717) is 13.2 Å². The van der Waals surface area contributed by atoms with Crippen LogP contribution in [0.25, 0.3) is 0 Å². The van der Waals surface area contributed by atoms with E-state index >= 15 is 0 Å². The van der Waals surface area contributed by atoms with E-state index < -0.39 is 0 Å². The molecular formula is C14H23NO3. The van der Waals surface area contributed by atoms with Gasteiger partial charge in [-0.25, -0.2) is 0 Å². The lowest BCUT2D eigenvalue weighted by molar-refractivity contribution is -0.150. The monoisotopic (exact) mass is 253 g/mol. The summed E-state index contributed by atoms with van der Waals surface area (Å²) in [4.78, 5) is 2.35. The average molecular weight is 253 g/mol. The van der Waals surface area contributed by atoms with Gasteiger partial charge in [-0.2, -0.15) is 0 Å². The Bertz CT molecular complexity index is 321. The summed E-state index contributed by atoms with van der Waals surface area (Å²) in [7, 11) is 0. The van der Waals surface area contributed by atoms with Gasteiger partial charge in [0.2, 0.25) is 0 Å². The largest absolute Gasteiger partial charge is 0.498 e. The molecule has 2 aliphatic rings. The van der Waals surface area contributed by atoms with E-state index in [0.717, 1.165) is 38.5 Å². The fraction of sp³-hybridized carbons (Fsp3) is 0.714. The summed E-state index contributed by atoms with van der Waals surface area (Å²) in [6.07, 6.45) is 7.00. The van der Waals surface area contributed by atoms with Crippen molar-refractivity contribution in [2.45, 2.75) is 26.0 Å². The molecule has 4 heteroatoms. The zero-order valence-electron chi connectivity index (χ0n) is 11.4. The van der Waals surface area contributed by atoms with Gasteiger partial charge in [-0.15, -0.1) is 0 Å². The van der Waals surface area contributed by atoms with Gasteiger partial charge >= 0.3 is 0 Å². The van der Waals surface area contributed by atoms with Crippen molar-refractivity contribution >= 4 is 0 Å². The second-order valence-corrected chi connectivity index (χ2v) is 4.48. The van der Waals surface area contributed by atoms with E-state index in [9.17, 15) is 0 Å². The molecule has 1 fully saturated rings. The number of hydrogen-bond acceptors (Lipinski definition) is 4. The van der Waals surface area contributed by atoms with Gasteiger partial charge in [-0.3, -0.25) is 4.90 Å². The fourth-order valence-electron chi connectivity index (χ4n) is 2.56. The minimum absolute atomic E-state index is 0.349. The lowest BCUT2D eigenvalue weighted by Crippen LogP contribution is -2.54. The molecule has 0 amide bonds. The second kappa shape index (κ2) is 6.36. The number of nitrogens with zero attached hydrogens (tertiary/aromatic N) is 1. The van der Waals surface area contributed by atoms with Crippen molar-refractivity contribution in [2.24, 2.45) is 0 Å². The van der Waals surface area contributed by atoms with Gasteiger partial charge in [-0.1, -0.05) is 6.08 Å². The first-order valence-electron chi connectivity index (χ1n) is 6.78. The molecule has 1 aliphatic heterocycles. The lowest BCUT2D eigenvalue weighted by Gasteiger charge is -2.44. The van der Waals surface area contributed by atoms with E-state index in [1.54, 1.807) is 0 Å². The van der Waals surface area contributed by atoms with Gasteiger partial charge in [0.05, 0.1) is 26.2 Å². The summed E-state index contributed by atoms with van der Waals surface area (Å²) in [6, 6.07) is 0. The summed E-state index contributed by atoms with van der Waals surface area (Å²) < 4.78 is 17.1. The Labute approximate surface area is 109 Å². The zero-order valence-corrected chi connectivity index (χ0v) is 11.4. The van der Waals surface area contributed by atoms with Crippen LogP contribution in [0.5, 0.6) is 0 Å². The van der Waals surface area contributed by atoms with Crippen molar-refractivity contribution in [1.29, 1.82) is 0 Å². The Morgan fingerprint density at radius 1 is 1.28 bits per heavy atom. The maximum atomic E-state index is 6.05. The molecule has 0 N–H and O–H groups in total. The van der Waals surface area contributed by atoms with Crippen molar-refractivity contribution < 1.29 is 14.2 Å². The molecule has 1 saturated heterocycles. The standard InChI is InChI=1S/C14H23NO3/c1-3-17-13-6-5-7-14(12-13,18-4-2)15-8-10-16-11-9-15/h5-7H,3-4,8-12H2,1-2H3. The van der Waals surface area contributed by atoms with E-state index in [1.807, 2.05) is 26.0 Å². The van der Waals surface area contributed by atoms with Crippen LogP contribution < -0.4 is 0 Å². The highest BCUT2D eigenvalue weighted by Gasteiger charge is 2.38. The first-order valence-corrected chi connectivity index (χ1v) is 6.78. The molecule has 1 atom stereocenters. The highest BCUT2D eigenvalue weighted by molar-refractivity contribution is 5.22. The SMILES string of the molecule is CCOC1=CC=CC(OCC)(N2CCOCC2)C1. The van der Waals surface area contributed by atoms with Gasteiger partial charge in [0.1, 0.15) is 11.5 Å². The van der Waals surface area contributed by atoms with E-state index in [4.69, 9.17) is 14.2 Å². The van der Waals surface area contributed by atoms with E-state index in [-0.39, 0.29) is 5.72 Å². The Kier molecular flexibility index (Phi) is 4.80. The van der Waals surface area contributed by atoms with Crippen molar-refractivity contribution in [3.05, 3.63) is 24.0 Å². The third-order valence-corrected chi connectivity index (χ3v) is 3.34. The predicted octanol–water partition coefficient (Wildman–Crippen LogP) is 1.93. The van der Waals surface area contributed by atoms with E-state index in [2.05, 4.69) is 11.0 Å². The third-order valence-electron chi connectivity index (χ3n) is 3.34. The van der Waals surface area contributed by atoms with Crippen LogP contribution in [0.3, 0.4) is 0 Å². The molecule has 0 aromatic heterocycles. The number of ether oxygens (including phenoxy) is 3. The summed E-state index contributed by atoms with van der Waals surface area (Å²) in [5.41, 5.74) is -0.349. The van der Waals surface area contributed by atoms with Crippen LogP contribution in [-0.2, 0) is 14.2 Å². The van der Waals surface area contributed by atoms with Crippen LogP contribution in [0.1, 0.15) is 20.3 Å². The molecule has 102 valence electrons. The van der Waals surface area contributed by atoms with Crippen molar-refractivity contribution in [2.75, 3.05) is 39.5 Å². The molecule has 0 bridgehead atoms. The van der Waals surface area contributed by atoms with Crippen LogP contribution in [0.4, 0.5) is 0 Å². The van der Waals surface area contributed by atoms with Crippen LogP contribution in [0.2, 0.25) is 0 Å². The molecule has 0 radical (unpaired) electrons. The van der Waals surface area contributed by atoms with Crippen molar-refractivity contribution in [1.82, 2.24) is 4.90 Å². The molecule has 18 heavy (non-hydrogen) atoms. The normalized spacial score (nSPS) is 29.1. The zero-order chi connectivity index (χ0) is 12.8. The maximum Gasteiger partial charge on any atom is 0.148 e. The number of morpholine rings is 1. The van der Waals surface area contributed by atoms with Crippen LogP contribution in [-0.4, -0.2) is 50.1 Å². The van der Waals surface area contributed by atoms with Gasteiger partial charge in [0.15, 0.2) is 0 Å². The van der Waals surface area contributed by atoms with Gasteiger partial charge in [0.25, 0.3) is 0 Å². The Balaban J connectivity index is 2.12. The third kappa shape index (κ3) is 2.94. The molecule has 0 aromatic carbocycles. The molecule has 1 heterocycles. The number of hydrogen-bond donors (Lipinski definition) is 0. The quantitative estimate of drug-likeness (QED) is 0.749. The lowest BCUT2D eigenvalue weighted by atomic mass is 10.00. The molecule has 2 rings (SSSR count). The van der Waals surface area contributed by atoms with Gasteiger partial charge < -0.3 is 14.2 Å². The van der Waals surface area contributed by atoms with E-state index in [1.165, 1.54) is 0 Å². The van der Waals surface area contributed by atoms with Crippen LogP contribution >= 0.6 is 0 Å². The Morgan fingerprint density at radius 2 is 2.06 bits per heavy atom. The summed E-state index contributed by atoms with van der Waals surface area (Å²) in [5.74, 6) is 1.000. The first-order chi connectivity index (χ1) is 8.80. The molecule has 1 aliphatic carbocycles. The second-order valence-electron chi connectivity index (χ2n) is 4.48. The summed E-state index contributed by atoms with van der Waals surface area (Å²) in [6.45, 7) is 8.80. The van der Waals surface area contributed by atoms with Crippen LogP contribution in [0, 0.1) is 0 Å². The molecule has 0 spiro atoms. The predicted molar refractivity (Wildman–Crippen MR) is 70.2 cm³/mol.